The normalized spacial score (nSPS) is 13.6. The molecule has 0 spiro atoms. The van der Waals surface area contributed by atoms with Crippen molar-refractivity contribution in [2.75, 3.05) is 0 Å². The van der Waals surface area contributed by atoms with Crippen LogP contribution in [0.4, 0.5) is 0 Å². The molecule has 0 amide bonds. The molecule has 0 atom stereocenters. The van der Waals surface area contributed by atoms with Gasteiger partial charge < -0.3 is 0 Å². The third-order valence-electron chi connectivity index (χ3n) is 6.57. The summed E-state index contributed by atoms with van der Waals surface area (Å²) in [6.07, 6.45) is 11.1. The first kappa shape index (κ1) is 25.4. The smallest absolute Gasteiger partial charge is 0.0658 e. The maximum Gasteiger partial charge on any atom is 0.0658 e. The van der Waals surface area contributed by atoms with Crippen molar-refractivity contribution in [2.45, 2.75) is 67.2 Å². The van der Waals surface area contributed by atoms with Crippen molar-refractivity contribution >= 4 is 27.8 Å². The summed E-state index contributed by atoms with van der Waals surface area (Å²) in [6.45, 7) is 12.9. The highest BCUT2D eigenvalue weighted by Crippen LogP contribution is 2.28. The number of allylic oxidation sites excluding steroid dienone is 5. The predicted octanol–water partition coefficient (Wildman–Crippen LogP) is 10.3. The largest absolute Gasteiger partial charge is 0.258 e. The molecule has 3 aromatic rings. The third-order valence-corrected chi connectivity index (χ3v) is 6.57. The highest BCUT2D eigenvalue weighted by molar-refractivity contribution is 5.90. The second-order valence-corrected chi connectivity index (χ2v) is 9.10. The molecule has 0 aromatic heterocycles. The standard InChI is InChI=1S/C33H39N/c1-7-24(4)12-10-11-13-25(5)29-18-19-32-23-30(20-21-31(32)22-29)27-14-16-28(17-15-27)33(9-3)34-26(6)8-2/h9,12-23H,7-8,10-11H2,1-6H3. The SMILES string of the molecule is CC=C(N=C(C)CC)c1ccc(-c2ccc3cc(C(C)=CCCC=C(C)CC)ccc3c2)cc1. The monoisotopic (exact) mass is 449 g/mol. The molecule has 0 aliphatic carbocycles. The molecule has 0 saturated carbocycles. The zero-order chi connectivity index (χ0) is 24.5. The molecule has 176 valence electrons. The van der Waals surface area contributed by atoms with Gasteiger partial charge in [0.05, 0.1) is 5.70 Å². The van der Waals surface area contributed by atoms with Gasteiger partial charge in [-0.1, -0.05) is 86.2 Å². The number of fused-ring (bicyclic) bond motifs is 1. The molecule has 1 nitrogen and oxygen atoms in total. The number of benzene rings is 3. The lowest BCUT2D eigenvalue weighted by molar-refractivity contribution is 0.998. The molecular formula is C33H39N. The number of aliphatic imine (C=N–C) groups is 1. The van der Waals surface area contributed by atoms with Gasteiger partial charge >= 0.3 is 0 Å². The van der Waals surface area contributed by atoms with Gasteiger partial charge in [-0.2, -0.15) is 0 Å². The molecule has 3 rings (SSSR count). The van der Waals surface area contributed by atoms with E-state index in [1.165, 1.54) is 38.6 Å². The maximum atomic E-state index is 4.75. The van der Waals surface area contributed by atoms with Crippen molar-refractivity contribution in [1.29, 1.82) is 0 Å². The first-order valence-corrected chi connectivity index (χ1v) is 12.6. The lowest BCUT2D eigenvalue weighted by Crippen LogP contribution is -1.90. The summed E-state index contributed by atoms with van der Waals surface area (Å²) in [5.41, 5.74) is 9.96. The van der Waals surface area contributed by atoms with Crippen LogP contribution in [0.2, 0.25) is 0 Å². The van der Waals surface area contributed by atoms with E-state index in [1.54, 1.807) is 0 Å². The minimum atomic E-state index is 0.972. The molecule has 0 aliphatic rings. The molecule has 0 fully saturated rings. The summed E-state index contributed by atoms with van der Waals surface area (Å²) < 4.78 is 0. The van der Waals surface area contributed by atoms with Crippen LogP contribution in [0.1, 0.15) is 78.4 Å². The summed E-state index contributed by atoms with van der Waals surface area (Å²) in [6, 6.07) is 22.3. The third kappa shape index (κ3) is 6.67. The van der Waals surface area contributed by atoms with Crippen molar-refractivity contribution in [3.8, 4) is 11.1 Å². The Hall–Kier alpha value is -3.19. The highest BCUT2D eigenvalue weighted by Gasteiger charge is 2.05. The fourth-order valence-electron chi connectivity index (χ4n) is 3.98. The van der Waals surface area contributed by atoms with Crippen molar-refractivity contribution < 1.29 is 0 Å². The Morgan fingerprint density at radius 2 is 1.32 bits per heavy atom. The van der Waals surface area contributed by atoms with E-state index in [-0.39, 0.29) is 0 Å². The van der Waals surface area contributed by atoms with Crippen LogP contribution in [0.15, 0.2) is 89.5 Å². The Morgan fingerprint density at radius 1 is 0.706 bits per heavy atom. The van der Waals surface area contributed by atoms with Crippen LogP contribution < -0.4 is 0 Å². The van der Waals surface area contributed by atoms with Crippen LogP contribution in [0.25, 0.3) is 33.2 Å². The topological polar surface area (TPSA) is 12.4 Å². The first-order valence-electron chi connectivity index (χ1n) is 12.6. The van der Waals surface area contributed by atoms with E-state index in [0.717, 1.165) is 42.7 Å². The average Bonchev–Trinajstić information content (AvgIpc) is 2.88. The lowest BCUT2D eigenvalue weighted by Gasteiger charge is -2.09. The summed E-state index contributed by atoms with van der Waals surface area (Å²) in [7, 11) is 0. The number of hydrogen-bond acceptors (Lipinski definition) is 1. The van der Waals surface area contributed by atoms with Crippen LogP contribution in [0.3, 0.4) is 0 Å². The Kier molecular flexibility index (Phi) is 9.22. The Bertz CT molecular complexity index is 1230. The molecule has 0 N–H and O–H groups in total. The fraction of sp³-hybridized carbons (Fsp3) is 0.303. The molecular weight excluding hydrogens is 410 g/mol. The fourth-order valence-corrected chi connectivity index (χ4v) is 3.98. The van der Waals surface area contributed by atoms with Crippen LogP contribution in [-0.4, -0.2) is 5.71 Å². The van der Waals surface area contributed by atoms with E-state index in [4.69, 9.17) is 4.99 Å². The molecule has 3 aromatic carbocycles. The predicted molar refractivity (Wildman–Crippen MR) is 153 cm³/mol. The summed E-state index contributed by atoms with van der Waals surface area (Å²) in [5, 5.41) is 2.56. The van der Waals surface area contributed by atoms with E-state index < -0.39 is 0 Å². The van der Waals surface area contributed by atoms with Gasteiger partial charge in [0.25, 0.3) is 0 Å². The number of unbranched alkanes of at least 4 members (excludes halogenated alkanes) is 1. The lowest BCUT2D eigenvalue weighted by atomic mass is 9.97. The Labute approximate surface area is 206 Å². The van der Waals surface area contributed by atoms with Crippen molar-refractivity contribution in [1.82, 2.24) is 0 Å². The second kappa shape index (κ2) is 12.3. The van der Waals surface area contributed by atoms with Crippen LogP contribution in [0.5, 0.6) is 0 Å². The van der Waals surface area contributed by atoms with Gasteiger partial charge in [-0.3, -0.25) is 4.99 Å². The quantitative estimate of drug-likeness (QED) is 0.175. The summed E-state index contributed by atoms with van der Waals surface area (Å²) >= 11 is 0. The van der Waals surface area contributed by atoms with Crippen LogP contribution >= 0.6 is 0 Å². The van der Waals surface area contributed by atoms with E-state index in [1.807, 2.05) is 0 Å². The van der Waals surface area contributed by atoms with E-state index in [0.29, 0.717) is 0 Å². The number of rotatable bonds is 9. The minimum Gasteiger partial charge on any atom is -0.258 e. The first-order chi connectivity index (χ1) is 16.4. The second-order valence-electron chi connectivity index (χ2n) is 9.10. The number of hydrogen-bond donors (Lipinski definition) is 0. The zero-order valence-electron chi connectivity index (χ0n) is 21.8. The van der Waals surface area contributed by atoms with Gasteiger partial charge in [0.2, 0.25) is 0 Å². The zero-order valence-corrected chi connectivity index (χ0v) is 21.8. The van der Waals surface area contributed by atoms with E-state index in [9.17, 15) is 0 Å². The van der Waals surface area contributed by atoms with Crippen molar-refractivity contribution in [2.24, 2.45) is 4.99 Å². The summed E-state index contributed by atoms with van der Waals surface area (Å²) in [4.78, 5) is 4.75. The van der Waals surface area contributed by atoms with Crippen molar-refractivity contribution in [3.63, 3.8) is 0 Å². The molecule has 1 heteroatoms. The van der Waals surface area contributed by atoms with E-state index in [2.05, 4.69) is 120 Å². The van der Waals surface area contributed by atoms with Gasteiger partial charge in [-0.05, 0) is 104 Å². The van der Waals surface area contributed by atoms with Gasteiger partial charge in [-0.15, -0.1) is 0 Å². The van der Waals surface area contributed by atoms with Gasteiger partial charge in [0, 0.05) is 5.71 Å². The molecule has 0 heterocycles. The van der Waals surface area contributed by atoms with E-state index >= 15 is 0 Å². The molecule has 34 heavy (non-hydrogen) atoms. The minimum absolute atomic E-state index is 0.972. The van der Waals surface area contributed by atoms with Gasteiger partial charge in [0.1, 0.15) is 0 Å². The van der Waals surface area contributed by atoms with Crippen LogP contribution in [-0.2, 0) is 0 Å². The Balaban J connectivity index is 1.78. The maximum absolute atomic E-state index is 4.75. The van der Waals surface area contributed by atoms with Gasteiger partial charge in [0.15, 0.2) is 0 Å². The highest BCUT2D eigenvalue weighted by atomic mass is 14.8. The van der Waals surface area contributed by atoms with Crippen molar-refractivity contribution in [3.05, 3.63) is 95.6 Å². The molecule has 0 bridgehead atoms. The van der Waals surface area contributed by atoms with Crippen LogP contribution in [0, 0.1) is 0 Å². The summed E-state index contributed by atoms with van der Waals surface area (Å²) in [5.74, 6) is 0. The molecule has 0 aliphatic heterocycles. The Morgan fingerprint density at radius 3 is 2.00 bits per heavy atom. The average molecular weight is 450 g/mol. The molecule has 0 radical (unpaired) electrons. The molecule has 0 saturated heterocycles. The number of nitrogens with zero attached hydrogens (tertiary/aromatic N) is 1. The molecule has 0 unspecified atom stereocenters. The van der Waals surface area contributed by atoms with Gasteiger partial charge in [-0.25, -0.2) is 0 Å².